The number of carbonyl (C=O) groups is 2. The second-order valence-corrected chi connectivity index (χ2v) is 10.2. The first-order chi connectivity index (χ1) is 20.3. The summed E-state index contributed by atoms with van der Waals surface area (Å²) in [4.78, 5) is 34.6. The van der Waals surface area contributed by atoms with Crippen molar-refractivity contribution in [2.24, 2.45) is 0 Å². The third kappa shape index (κ3) is 8.94. The van der Waals surface area contributed by atoms with Crippen molar-refractivity contribution in [3.63, 3.8) is 0 Å². The number of aryl methyl sites for hydroxylation is 2. The zero-order chi connectivity index (χ0) is 29.8. The van der Waals surface area contributed by atoms with Crippen molar-refractivity contribution < 1.29 is 28.2 Å². The van der Waals surface area contributed by atoms with Crippen LogP contribution in [0.25, 0.3) is 0 Å². The van der Waals surface area contributed by atoms with Crippen LogP contribution in [-0.2, 0) is 28.4 Å². The molecule has 1 aromatic carbocycles. The summed E-state index contributed by atoms with van der Waals surface area (Å²) >= 11 is 0. The molecule has 0 aliphatic carbocycles. The number of hydrogen-bond acceptors (Lipinski definition) is 7. The Bertz CT molecular complexity index is 1300. The zero-order valence-corrected chi connectivity index (χ0v) is 23.5. The monoisotopic (exact) mass is 581 g/mol. The van der Waals surface area contributed by atoms with Crippen molar-refractivity contribution in [1.82, 2.24) is 20.2 Å². The van der Waals surface area contributed by atoms with Gasteiger partial charge in [0, 0.05) is 31.5 Å². The Morgan fingerprint density at radius 1 is 1.05 bits per heavy atom. The Kier molecular flexibility index (Phi) is 11.2. The van der Waals surface area contributed by atoms with Crippen LogP contribution in [0.1, 0.15) is 42.6 Å². The second-order valence-electron chi connectivity index (χ2n) is 10.2. The molecule has 42 heavy (non-hydrogen) atoms. The highest BCUT2D eigenvalue weighted by Gasteiger charge is 2.43. The number of rotatable bonds is 16. The SMILES string of the molecule is O=C(O)[C@H](CCN(CCCCc1ccc2c(n1)NCCC2)CCOc1ccccc1)NC(=O)C(F)(F)c1ccccn1. The van der Waals surface area contributed by atoms with E-state index in [4.69, 9.17) is 9.72 Å². The van der Waals surface area contributed by atoms with Crippen LogP contribution in [0.15, 0.2) is 66.9 Å². The second kappa shape index (κ2) is 15.2. The lowest BCUT2D eigenvalue weighted by Gasteiger charge is -2.25. The van der Waals surface area contributed by atoms with Crippen molar-refractivity contribution in [1.29, 1.82) is 0 Å². The molecule has 0 saturated heterocycles. The average molecular weight is 582 g/mol. The van der Waals surface area contributed by atoms with Crippen LogP contribution in [0.3, 0.4) is 0 Å². The van der Waals surface area contributed by atoms with Gasteiger partial charge in [0.15, 0.2) is 0 Å². The lowest BCUT2D eigenvalue weighted by molar-refractivity contribution is -0.152. The zero-order valence-electron chi connectivity index (χ0n) is 23.5. The largest absolute Gasteiger partial charge is 0.492 e. The summed E-state index contributed by atoms with van der Waals surface area (Å²) < 4.78 is 35.1. The van der Waals surface area contributed by atoms with Crippen molar-refractivity contribution in [2.75, 3.05) is 38.1 Å². The molecule has 2 aromatic heterocycles. The number of anilines is 1. The molecule has 9 nitrogen and oxygen atoms in total. The number of hydrogen-bond donors (Lipinski definition) is 3. The maximum Gasteiger partial charge on any atom is 0.366 e. The number of nitrogens with one attached hydrogen (secondary N) is 2. The summed E-state index contributed by atoms with van der Waals surface area (Å²) in [6, 6.07) is 15.9. The van der Waals surface area contributed by atoms with Crippen molar-refractivity contribution in [2.45, 2.75) is 50.5 Å². The van der Waals surface area contributed by atoms with E-state index >= 15 is 0 Å². The number of aliphatic carboxylic acids is 1. The normalized spacial score (nSPS) is 13.6. The molecule has 1 atom stereocenters. The van der Waals surface area contributed by atoms with Crippen molar-refractivity contribution in [3.05, 3.63) is 83.8 Å². The van der Waals surface area contributed by atoms with E-state index in [1.165, 1.54) is 17.7 Å². The van der Waals surface area contributed by atoms with Crippen LogP contribution in [0, 0.1) is 0 Å². The van der Waals surface area contributed by atoms with E-state index in [1.54, 1.807) is 0 Å². The Morgan fingerprint density at radius 3 is 2.62 bits per heavy atom. The number of para-hydroxylation sites is 1. The Labute approximate surface area is 244 Å². The molecule has 1 aliphatic heterocycles. The number of aromatic nitrogens is 2. The smallest absolute Gasteiger partial charge is 0.366 e. The van der Waals surface area contributed by atoms with Gasteiger partial charge < -0.3 is 20.5 Å². The highest BCUT2D eigenvalue weighted by Crippen LogP contribution is 2.26. The topological polar surface area (TPSA) is 117 Å². The maximum absolute atomic E-state index is 14.6. The molecule has 3 aromatic rings. The minimum absolute atomic E-state index is 0.0528. The molecule has 0 spiro atoms. The molecule has 1 amide bonds. The van der Waals surface area contributed by atoms with E-state index in [9.17, 15) is 23.5 Å². The van der Waals surface area contributed by atoms with Gasteiger partial charge in [-0.2, -0.15) is 8.78 Å². The number of halogens is 2. The standard InChI is InChI=1S/C31H37F2N5O4/c32-31(33,27-13-4-6-17-34-27)30(41)37-26(29(39)40)16-20-38(21-22-42-25-11-2-1-3-12-25)19-7-5-10-24-15-14-23-9-8-18-35-28(23)36-24/h1-4,6,11-15,17,26H,5,7-10,16,18-22H2,(H,35,36)(H,37,41)(H,39,40)/t26-/m0/s1. The first kappa shape index (κ1) is 30.8. The lowest BCUT2D eigenvalue weighted by Crippen LogP contribution is -2.49. The number of alkyl halides is 2. The van der Waals surface area contributed by atoms with Gasteiger partial charge in [-0.05, 0) is 81.0 Å². The van der Waals surface area contributed by atoms with E-state index in [0.717, 1.165) is 68.2 Å². The number of carboxylic acid groups (broad SMARTS) is 1. The quantitative estimate of drug-likeness (QED) is 0.215. The summed E-state index contributed by atoms with van der Waals surface area (Å²) in [5.74, 6) is -5.35. The molecule has 3 heterocycles. The van der Waals surface area contributed by atoms with Gasteiger partial charge >= 0.3 is 11.9 Å². The summed E-state index contributed by atoms with van der Waals surface area (Å²) in [5, 5.41) is 15.1. The van der Waals surface area contributed by atoms with Crippen LogP contribution in [0.2, 0.25) is 0 Å². The third-order valence-corrected chi connectivity index (χ3v) is 7.14. The summed E-state index contributed by atoms with van der Waals surface area (Å²) in [6.45, 7) is 2.71. The average Bonchev–Trinajstić information content (AvgIpc) is 3.01. The first-order valence-electron chi connectivity index (χ1n) is 14.3. The maximum atomic E-state index is 14.6. The number of unbranched alkanes of at least 4 members (excludes halogenated alkanes) is 1. The van der Waals surface area contributed by atoms with E-state index in [2.05, 4.69) is 22.4 Å². The number of carboxylic acids is 1. The Morgan fingerprint density at radius 2 is 1.86 bits per heavy atom. The Hall–Kier alpha value is -4.12. The molecule has 0 bridgehead atoms. The number of carbonyl (C=O) groups excluding carboxylic acids is 1. The van der Waals surface area contributed by atoms with E-state index < -0.39 is 29.5 Å². The predicted molar refractivity (Wildman–Crippen MR) is 155 cm³/mol. The minimum atomic E-state index is -3.96. The summed E-state index contributed by atoms with van der Waals surface area (Å²) in [7, 11) is 0. The molecular formula is C31H37F2N5O4. The van der Waals surface area contributed by atoms with E-state index in [-0.39, 0.29) is 13.0 Å². The number of amides is 1. The molecule has 0 radical (unpaired) electrons. The van der Waals surface area contributed by atoms with Crippen LogP contribution < -0.4 is 15.4 Å². The molecule has 0 unspecified atom stereocenters. The van der Waals surface area contributed by atoms with Gasteiger partial charge in [0.1, 0.15) is 29.9 Å². The van der Waals surface area contributed by atoms with Gasteiger partial charge in [0.05, 0.1) is 0 Å². The molecule has 11 heteroatoms. The fraction of sp³-hybridized carbons (Fsp3) is 0.419. The molecule has 0 saturated carbocycles. The fourth-order valence-electron chi connectivity index (χ4n) is 4.78. The summed E-state index contributed by atoms with van der Waals surface area (Å²) in [5.41, 5.74) is 1.52. The molecule has 3 N–H and O–H groups in total. The molecule has 0 fully saturated rings. The molecule has 224 valence electrons. The van der Waals surface area contributed by atoms with Gasteiger partial charge in [0.2, 0.25) is 0 Å². The predicted octanol–water partition coefficient (Wildman–Crippen LogP) is 4.29. The highest BCUT2D eigenvalue weighted by atomic mass is 19.3. The first-order valence-corrected chi connectivity index (χ1v) is 14.3. The highest BCUT2D eigenvalue weighted by molar-refractivity contribution is 5.88. The number of pyridine rings is 2. The summed E-state index contributed by atoms with van der Waals surface area (Å²) in [6.07, 6.45) is 5.74. The van der Waals surface area contributed by atoms with Gasteiger partial charge in [-0.15, -0.1) is 0 Å². The number of nitrogens with zero attached hydrogens (tertiary/aromatic N) is 3. The minimum Gasteiger partial charge on any atom is -0.492 e. The Balaban J connectivity index is 1.32. The van der Waals surface area contributed by atoms with E-state index in [0.29, 0.717) is 19.7 Å². The fourth-order valence-corrected chi connectivity index (χ4v) is 4.78. The van der Waals surface area contributed by atoms with Crippen LogP contribution in [-0.4, -0.2) is 70.7 Å². The van der Waals surface area contributed by atoms with Crippen LogP contribution in [0.5, 0.6) is 5.75 Å². The van der Waals surface area contributed by atoms with Gasteiger partial charge in [-0.3, -0.25) is 14.7 Å². The molecular weight excluding hydrogens is 544 g/mol. The van der Waals surface area contributed by atoms with Gasteiger partial charge in [-0.25, -0.2) is 9.78 Å². The third-order valence-electron chi connectivity index (χ3n) is 7.14. The van der Waals surface area contributed by atoms with Crippen molar-refractivity contribution >= 4 is 17.7 Å². The number of fused-ring (bicyclic) bond motifs is 1. The number of ether oxygens (including phenoxy) is 1. The van der Waals surface area contributed by atoms with Crippen molar-refractivity contribution in [3.8, 4) is 5.75 Å². The van der Waals surface area contributed by atoms with Crippen LogP contribution in [0.4, 0.5) is 14.6 Å². The van der Waals surface area contributed by atoms with Crippen LogP contribution >= 0.6 is 0 Å². The van der Waals surface area contributed by atoms with E-state index in [1.807, 2.05) is 40.5 Å². The van der Waals surface area contributed by atoms with Gasteiger partial charge in [-0.1, -0.05) is 30.3 Å². The molecule has 1 aliphatic rings. The van der Waals surface area contributed by atoms with Gasteiger partial charge in [0.25, 0.3) is 5.91 Å². The molecule has 4 rings (SSSR count). The number of benzene rings is 1. The lowest BCUT2D eigenvalue weighted by atomic mass is 10.1.